The topological polar surface area (TPSA) is 110 Å². The van der Waals surface area contributed by atoms with Gasteiger partial charge in [-0.05, 0) is 55.3 Å². The number of hydrogen-bond donors (Lipinski definition) is 2. The molecule has 234 valence electrons. The van der Waals surface area contributed by atoms with Crippen molar-refractivity contribution in [2.75, 3.05) is 44.0 Å². The minimum absolute atomic E-state index is 0.00880. The van der Waals surface area contributed by atoms with Gasteiger partial charge in [-0.15, -0.1) is 11.3 Å². The highest BCUT2D eigenvalue weighted by molar-refractivity contribution is 7.21. The fraction of sp³-hybridized carbons (Fsp3) is 0.290. The van der Waals surface area contributed by atoms with Crippen LogP contribution in [0.25, 0.3) is 10.1 Å². The molecule has 2 aromatic heterocycles. The molecule has 0 bridgehead atoms. The minimum atomic E-state index is -4.97. The van der Waals surface area contributed by atoms with Gasteiger partial charge in [-0.1, -0.05) is 0 Å². The first-order chi connectivity index (χ1) is 21.5. The molecule has 2 fully saturated rings. The van der Waals surface area contributed by atoms with Crippen LogP contribution in [0.1, 0.15) is 60.4 Å². The largest absolute Gasteiger partial charge is 0.496 e. The molecule has 2 aliphatic rings. The maximum atomic E-state index is 13.9. The van der Waals surface area contributed by atoms with Gasteiger partial charge in [-0.2, -0.15) is 13.2 Å². The molecule has 1 aliphatic heterocycles. The number of methoxy groups -OCH3 is 1. The number of fused-ring (bicyclic) bond motifs is 1. The number of anilines is 2. The summed E-state index contributed by atoms with van der Waals surface area (Å²) in [7, 11) is 1.37. The molecule has 4 aromatic rings. The van der Waals surface area contributed by atoms with Crippen molar-refractivity contribution in [1.82, 2.24) is 9.88 Å². The van der Waals surface area contributed by atoms with Crippen molar-refractivity contribution < 1.29 is 41.4 Å². The Balaban J connectivity index is 1.35. The normalized spacial score (nSPS) is 15.2. The number of carbonyl (C=O) groups excluding carboxylic acids is 3. The number of carbonyl (C=O) groups is 3. The Morgan fingerprint density at radius 1 is 1.02 bits per heavy atom. The first kappa shape index (κ1) is 30.5. The summed E-state index contributed by atoms with van der Waals surface area (Å²) >= 11 is 1.03. The number of hydrogen-bond acceptors (Lipinski definition) is 7. The second-order valence-corrected chi connectivity index (χ2v) is 11.7. The molecule has 6 rings (SSSR count). The van der Waals surface area contributed by atoms with Crippen LogP contribution in [-0.2, 0) is 10.9 Å². The Labute approximate surface area is 258 Å². The maximum absolute atomic E-state index is 13.9. The zero-order valence-electron chi connectivity index (χ0n) is 23.8. The monoisotopic (exact) mass is 642 g/mol. The van der Waals surface area contributed by atoms with Gasteiger partial charge in [-0.25, -0.2) is 4.39 Å². The standard InChI is InChI=1S/C31H26F4N4O5S/c1-43-24-7-4-17(30(42)39-8-10-44-11-9-39)12-19(24)28(40)38-26-20-15-36-23(16-2-3-16)14-25(20)45-27(26)29(41)37-18-5-6-22(32)21(13-18)31(33,34)35/h4-7,12-16H,2-3,8-11H2,1H3,(H,37,41)(H,38,40). The van der Waals surface area contributed by atoms with Crippen molar-refractivity contribution in [2.24, 2.45) is 0 Å². The van der Waals surface area contributed by atoms with Gasteiger partial charge in [-0.3, -0.25) is 19.4 Å². The number of rotatable bonds is 7. The second kappa shape index (κ2) is 12.1. The number of nitrogens with one attached hydrogen (secondary N) is 2. The molecule has 1 saturated heterocycles. The van der Waals surface area contributed by atoms with E-state index in [0.717, 1.165) is 35.9 Å². The molecule has 3 amide bonds. The van der Waals surface area contributed by atoms with Crippen molar-refractivity contribution >= 4 is 50.5 Å². The predicted octanol–water partition coefficient (Wildman–Crippen LogP) is 6.32. The Morgan fingerprint density at radius 2 is 1.78 bits per heavy atom. The Kier molecular flexibility index (Phi) is 8.18. The number of alkyl halides is 3. The molecular weight excluding hydrogens is 616 g/mol. The molecule has 1 saturated carbocycles. The van der Waals surface area contributed by atoms with Gasteiger partial charge in [0.1, 0.15) is 16.4 Å². The van der Waals surface area contributed by atoms with E-state index < -0.39 is 29.4 Å². The van der Waals surface area contributed by atoms with Gasteiger partial charge >= 0.3 is 6.18 Å². The summed E-state index contributed by atoms with van der Waals surface area (Å²) in [6, 6.07) is 8.42. The lowest BCUT2D eigenvalue weighted by Gasteiger charge is -2.27. The van der Waals surface area contributed by atoms with E-state index in [0.29, 0.717) is 54.4 Å². The number of thiophene rings is 1. The first-order valence-electron chi connectivity index (χ1n) is 14.0. The molecule has 2 aromatic carbocycles. The van der Waals surface area contributed by atoms with Crippen LogP contribution in [-0.4, -0.2) is 61.0 Å². The van der Waals surface area contributed by atoms with Crippen LogP contribution in [0.4, 0.5) is 28.9 Å². The summed E-state index contributed by atoms with van der Waals surface area (Å²) in [5.74, 6) is -2.80. The van der Waals surface area contributed by atoms with E-state index in [-0.39, 0.29) is 39.0 Å². The zero-order chi connectivity index (χ0) is 31.9. The highest BCUT2D eigenvalue weighted by atomic mass is 32.1. The molecule has 0 radical (unpaired) electrons. The van der Waals surface area contributed by atoms with Crippen LogP contribution in [0, 0.1) is 5.82 Å². The fourth-order valence-electron chi connectivity index (χ4n) is 5.05. The molecule has 1 aliphatic carbocycles. The van der Waals surface area contributed by atoms with Gasteiger partial charge in [0, 0.05) is 52.2 Å². The van der Waals surface area contributed by atoms with Gasteiger partial charge < -0.3 is 25.0 Å². The van der Waals surface area contributed by atoms with Crippen LogP contribution in [0.3, 0.4) is 0 Å². The van der Waals surface area contributed by atoms with E-state index >= 15 is 0 Å². The Bertz CT molecular complexity index is 1820. The molecule has 9 nitrogen and oxygen atoms in total. The number of morpholine rings is 1. The summed E-state index contributed by atoms with van der Waals surface area (Å²) in [6.45, 7) is 1.61. The highest BCUT2D eigenvalue weighted by Gasteiger charge is 2.35. The van der Waals surface area contributed by atoms with Gasteiger partial charge in [0.05, 0.1) is 37.1 Å². The van der Waals surface area contributed by atoms with Crippen molar-refractivity contribution in [3.8, 4) is 5.75 Å². The maximum Gasteiger partial charge on any atom is 0.419 e. The quantitative estimate of drug-likeness (QED) is 0.229. The number of aromatic nitrogens is 1. The number of pyridine rings is 1. The molecule has 0 unspecified atom stereocenters. The third kappa shape index (κ3) is 6.33. The van der Waals surface area contributed by atoms with E-state index in [1.54, 1.807) is 17.2 Å². The van der Waals surface area contributed by atoms with Crippen LogP contribution < -0.4 is 15.4 Å². The van der Waals surface area contributed by atoms with Crippen molar-refractivity contribution in [2.45, 2.75) is 24.9 Å². The summed E-state index contributed by atoms with van der Waals surface area (Å²) in [5.41, 5.74) is -0.615. The van der Waals surface area contributed by atoms with E-state index in [2.05, 4.69) is 15.6 Å². The third-order valence-electron chi connectivity index (χ3n) is 7.55. The van der Waals surface area contributed by atoms with E-state index in [1.165, 1.54) is 19.2 Å². The summed E-state index contributed by atoms with van der Waals surface area (Å²) in [4.78, 5) is 46.5. The summed E-state index contributed by atoms with van der Waals surface area (Å²) in [5, 5.41) is 5.59. The summed E-state index contributed by atoms with van der Waals surface area (Å²) < 4.78 is 65.1. The number of halogens is 4. The average molecular weight is 643 g/mol. The SMILES string of the molecule is COc1ccc(C(=O)N2CCOCC2)cc1C(=O)Nc1c(C(=O)Nc2ccc(F)c(C(F)(F)F)c2)sc2cc(C3CC3)ncc12. The predicted molar refractivity (Wildman–Crippen MR) is 159 cm³/mol. The summed E-state index contributed by atoms with van der Waals surface area (Å²) in [6.07, 6.45) is -1.47. The number of benzene rings is 2. The molecular formula is C31H26F4N4O5S. The van der Waals surface area contributed by atoms with Gasteiger partial charge in [0.25, 0.3) is 17.7 Å². The van der Waals surface area contributed by atoms with Gasteiger partial charge in [0.2, 0.25) is 0 Å². The molecule has 2 N–H and O–H groups in total. The average Bonchev–Trinajstić information content (AvgIpc) is 3.83. The van der Waals surface area contributed by atoms with Crippen LogP contribution in [0.2, 0.25) is 0 Å². The molecule has 45 heavy (non-hydrogen) atoms. The smallest absolute Gasteiger partial charge is 0.419 e. The lowest BCUT2D eigenvalue weighted by molar-refractivity contribution is -0.139. The minimum Gasteiger partial charge on any atom is -0.496 e. The van der Waals surface area contributed by atoms with Gasteiger partial charge in [0.15, 0.2) is 0 Å². The fourth-order valence-corrected chi connectivity index (χ4v) is 6.12. The van der Waals surface area contributed by atoms with Crippen molar-refractivity contribution in [3.05, 3.63) is 81.7 Å². The first-order valence-corrected chi connectivity index (χ1v) is 14.8. The molecule has 3 heterocycles. The van der Waals surface area contributed by atoms with Crippen molar-refractivity contribution in [1.29, 1.82) is 0 Å². The number of amides is 3. The lowest BCUT2D eigenvalue weighted by Crippen LogP contribution is -2.40. The third-order valence-corrected chi connectivity index (χ3v) is 8.71. The van der Waals surface area contributed by atoms with Crippen LogP contribution >= 0.6 is 11.3 Å². The van der Waals surface area contributed by atoms with E-state index in [9.17, 15) is 31.9 Å². The lowest BCUT2D eigenvalue weighted by atomic mass is 10.1. The molecule has 0 atom stereocenters. The highest BCUT2D eigenvalue weighted by Crippen LogP contribution is 2.43. The number of ether oxygens (including phenoxy) is 2. The molecule has 14 heteroatoms. The second-order valence-electron chi connectivity index (χ2n) is 10.6. The van der Waals surface area contributed by atoms with E-state index in [4.69, 9.17) is 9.47 Å². The Morgan fingerprint density at radius 3 is 2.47 bits per heavy atom. The van der Waals surface area contributed by atoms with Crippen molar-refractivity contribution in [3.63, 3.8) is 0 Å². The molecule has 0 spiro atoms. The van der Waals surface area contributed by atoms with E-state index in [1.807, 2.05) is 6.07 Å². The van der Waals surface area contributed by atoms with Crippen LogP contribution in [0.5, 0.6) is 5.75 Å². The van der Waals surface area contributed by atoms with Crippen LogP contribution in [0.15, 0.2) is 48.7 Å². The Hall–Kier alpha value is -4.56. The zero-order valence-corrected chi connectivity index (χ0v) is 24.6. The number of nitrogens with zero attached hydrogens (tertiary/aromatic N) is 2.